The van der Waals surface area contributed by atoms with E-state index in [1.54, 1.807) is 18.2 Å². The second-order valence-electron chi connectivity index (χ2n) is 10.9. The van der Waals surface area contributed by atoms with Gasteiger partial charge in [0.05, 0.1) is 18.0 Å². The maximum Gasteiger partial charge on any atom is 0.271 e. The summed E-state index contributed by atoms with van der Waals surface area (Å²) in [6.07, 6.45) is 18.7. The number of unbranched alkanes of at least 4 members (excludes halogenated alkanes) is 4. The largest absolute Gasteiger partial charge is 0.392 e. The van der Waals surface area contributed by atoms with Crippen molar-refractivity contribution in [2.75, 3.05) is 13.2 Å². The van der Waals surface area contributed by atoms with Crippen LogP contribution in [0.5, 0.6) is 0 Å². The Morgan fingerprint density at radius 1 is 0.918 bits per heavy atom. The van der Waals surface area contributed by atoms with Crippen molar-refractivity contribution in [3.63, 3.8) is 0 Å². The van der Waals surface area contributed by atoms with Crippen LogP contribution in [0.3, 0.4) is 0 Å². The molecule has 49 heavy (non-hydrogen) atoms. The van der Waals surface area contributed by atoms with E-state index in [-0.39, 0.29) is 17.7 Å². The van der Waals surface area contributed by atoms with Crippen molar-refractivity contribution < 1.29 is 13.9 Å². The first-order valence-electron chi connectivity index (χ1n) is 17.5. The number of hydrogen-bond donors (Lipinski definition) is 2. The van der Waals surface area contributed by atoms with Crippen LogP contribution in [0.25, 0.3) is 16.8 Å². The number of nitrogens with zero attached hydrogens (tertiary/aromatic N) is 2. The summed E-state index contributed by atoms with van der Waals surface area (Å²) < 4.78 is 29.4. The highest BCUT2D eigenvalue weighted by Gasteiger charge is 2.19. The number of hydrogen-bond acceptors (Lipinski definition) is 4. The second-order valence-corrected chi connectivity index (χ2v) is 10.9. The quantitative estimate of drug-likeness (QED) is 0.132. The molecule has 268 valence electrons. The zero-order chi connectivity index (χ0) is 37.0. The molecule has 1 aromatic heterocycles. The summed E-state index contributed by atoms with van der Waals surface area (Å²) in [5.74, 6) is -1.37. The molecule has 0 radical (unpaired) electrons. The van der Waals surface area contributed by atoms with E-state index in [0.29, 0.717) is 22.5 Å². The van der Waals surface area contributed by atoms with Gasteiger partial charge in [0.1, 0.15) is 11.6 Å². The molecule has 0 fully saturated rings. The van der Waals surface area contributed by atoms with E-state index < -0.39 is 11.6 Å². The zero-order valence-corrected chi connectivity index (χ0v) is 31.0. The van der Waals surface area contributed by atoms with Crippen LogP contribution in [-0.4, -0.2) is 28.0 Å². The number of para-hydroxylation sites is 1. The molecule has 0 aliphatic rings. The Bertz CT molecular complexity index is 1550. The van der Waals surface area contributed by atoms with Gasteiger partial charge in [-0.1, -0.05) is 128 Å². The standard InChI is InChI=1S/C26H27F2N3O.C8H12O.C6H14.C2H6/c1-5-6-15-29-19(4)26(18(3)21-12-11-20(27)16-22(21)28)23-13-14-25(32)31(30-23)24-10-8-7-9-17(24)2;1-2-3-4-5-6-7-8-9;1-3-5-6-4-2;1-2/h7-14,16,29H,3,5-6,15H2,1-2,4H3;2-7,9H,8H2,1H3;3-6H2,1-2H3;1-2H3/b26-19-;3-2-,5-4-,7-6+;;. The number of benzene rings is 2. The van der Waals surface area contributed by atoms with Gasteiger partial charge in [0.15, 0.2) is 0 Å². The minimum absolute atomic E-state index is 0.111. The van der Waals surface area contributed by atoms with Gasteiger partial charge >= 0.3 is 0 Å². The van der Waals surface area contributed by atoms with Crippen LogP contribution in [0, 0.1) is 18.6 Å². The molecule has 3 rings (SSSR count). The molecule has 0 saturated carbocycles. The minimum Gasteiger partial charge on any atom is -0.392 e. The number of nitrogens with one attached hydrogen (secondary N) is 1. The van der Waals surface area contributed by atoms with Gasteiger partial charge in [0.2, 0.25) is 0 Å². The van der Waals surface area contributed by atoms with Crippen molar-refractivity contribution in [3.8, 4) is 5.69 Å². The molecule has 0 aliphatic carbocycles. The Labute approximate surface area is 294 Å². The van der Waals surface area contributed by atoms with Gasteiger partial charge in [-0.25, -0.2) is 8.78 Å². The first-order chi connectivity index (χ1) is 23.7. The van der Waals surface area contributed by atoms with E-state index in [1.807, 2.05) is 83.2 Å². The fourth-order valence-corrected chi connectivity index (χ4v) is 4.38. The van der Waals surface area contributed by atoms with E-state index in [0.717, 1.165) is 36.7 Å². The van der Waals surface area contributed by atoms with Crippen LogP contribution in [0.1, 0.15) is 104 Å². The van der Waals surface area contributed by atoms with Gasteiger partial charge in [-0.05, 0) is 62.6 Å². The molecular formula is C42H59F2N3O2. The fraction of sp³-hybridized carbons (Fsp3) is 0.381. The summed E-state index contributed by atoms with van der Waals surface area (Å²) in [4.78, 5) is 12.6. The third kappa shape index (κ3) is 17.0. The van der Waals surface area contributed by atoms with Gasteiger partial charge in [0, 0.05) is 35.5 Å². The molecule has 0 aliphatic heterocycles. The molecule has 1 heterocycles. The minimum atomic E-state index is -0.707. The molecule has 0 bridgehead atoms. The van der Waals surface area contributed by atoms with Crippen molar-refractivity contribution >= 4 is 11.1 Å². The van der Waals surface area contributed by atoms with Crippen molar-refractivity contribution in [3.05, 3.63) is 142 Å². The molecule has 5 nitrogen and oxygen atoms in total. The topological polar surface area (TPSA) is 67.2 Å². The smallest absolute Gasteiger partial charge is 0.271 e. The van der Waals surface area contributed by atoms with Crippen molar-refractivity contribution in [1.82, 2.24) is 15.1 Å². The Kier molecular flexibility index (Phi) is 25.1. The molecule has 0 amide bonds. The highest BCUT2D eigenvalue weighted by Crippen LogP contribution is 2.32. The summed E-state index contributed by atoms with van der Waals surface area (Å²) in [5, 5.41) is 16.2. The molecule has 7 heteroatoms. The van der Waals surface area contributed by atoms with E-state index in [4.69, 9.17) is 5.11 Å². The maximum atomic E-state index is 14.6. The first kappa shape index (κ1) is 44.6. The van der Waals surface area contributed by atoms with Crippen molar-refractivity contribution in [1.29, 1.82) is 0 Å². The Hall–Kier alpha value is -4.36. The highest BCUT2D eigenvalue weighted by atomic mass is 19.1. The highest BCUT2D eigenvalue weighted by molar-refractivity contribution is 6.04. The van der Waals surface area contributed by atoms with Gasteiger partial charge in [-0.3, -0.25) is 4.79 Å². The molecule has 2 N–H and O–H groups in total. The first-order valence-corrected chi connectivity index (χ1v) is 17.5. The summed E-state index contributed by atoms with van der Waals surface area (Å²) in [5.41, 5.74) is 3.57. The van der Waals surface area contributed by atoms with Crippen LogP contribution in [-0.2, 0) is 0 Å². The van der Waals surface area contributed by atoms with Crippen LogP contribution in [0.2, 0.25) is 0 Å². The van der Waals surface area contributed by atoms with Crippen LogP contribution in [0.4, 0.5) is 8.78 Å². The lowest BCUT2D eigenvalue weighted by molar-refractivity contribution is 0.343. The Balaban J connectivity index is 0.00000112. The summed E-state index contributed by atoms with van der Waals surface area (Å²) >= 11 is 0. The monoisotopic (exact) mass is 675 g/mol. The number of rotatable bonds is 14. The molecule has 0 atom stereocenters. The molecule has 3 aromatic rings. The van der Waals surface area contributed by atoms with Crippen LogP contribution in [0.15, 0.2) is 108 Å². The fourth-order valence-electron chi connectivity index (χ4n) is 4.38. The van der Waals surface area contributed by atoms with Gasteiger partial charge in [-0.15, -0.1) is 0 Å². The summed E-state index contributed by atoms with van der Waals surface area (Å²) in [7, 11) is 0. The van der Waals surface area contributed by atoms with Gasteiger partial charge in [-0.2, -0.15) is 9.78 Å². The molecular weight excluding hydrogens is 616 g/mol. The third-order valence-electron chi connectivity index (χ3n) is 6.98. The lowest BCUT2D eigenvalue weighted by Crippen LogP contribution is -2.23. The number of halogens is 2. The number of allylic oxidation sites excluding steroid dienone is 8. The van der Waals surface area contributed by atoms with E-state index in [9.17, 15) is 13.6 Å². The summed E-state index contributed by atoms with van der Waals surface area (Å²) in [6.45, 7) is 21.2. The lowest BCUT2D eigenvalue weighted by Gasteiger charge is -2.18. The van der Waals surface area contributed by atoms with Gasteiger partial charge in [0.25, 0.3) is 5.56 Å². The number of aromatic nitrogens is 2. The molecule has 0 saturated heterocycles. The van der Waals surface area contributed by atoms with Gasteiger partial charge < -0.3 is 10.4 Å². The van der Waals surface area contributed by atoms with Crippen molar-refractivity contribution in [2.45, 2.75) is 93.9 Å². The maximum absolute atomic E-state index is 14.6. The third-order valence-corrected chi connectivity index (χ3v) is 6.98. The number of aryl methyl sites for hydroxylation is 1. The predicted octanol–water partition coefficient (Wildman–Crippen LogP) is 10.9. The van der Waals surface area contributed by atoms with Crippen LogP contribution < -0.4 is 10.9 Å². The zero-order valence-electron chi connectivity index (χ0n) is 31.0. The average molecular weight is 676 g/mol. The second kappa shape index (κ2) is 27.6. The van der Waals surface area contributed by atoms with E-state index >= 15 is 0 Å². The van der Waals surface area contributed by atoms with Crippen molar-refractivity contribution in [2.24, 2.45) is 0 Å². The predicted molar refractivity (Wildman–Crippen MR) is 207 cm³/mol. The van der Waals surface area contributed by atoms with E-state index in [1.165, 1.54) is 48.6 Å². The molecule has 0 spiro atoms. The Morgan fingerprint density at radius 2 is 1.55 bits per heavy atom. The SMILES string of the molecule is C=C(/C(=C(\C)NCCCC)c1ccc(=O)n(-c2ccccc2C)n1)c1ccc(F)cc1F.CC.CCCCCC.C\C=C/C=C\C=C\CO. The molecule has 0 unspecified atom stereocenters. The number of aliphatic hydroxyl groups is 1. The molecule has 2 aromatic carbocycles. The lowest BCUT2D eigenvalue weighted by atomic mass is 9.94. The Morgan fingerprint density at radius 3 is 2.12 bits per heavy atom. The van der Waals surface area contributed by atoms with E-state index in [2.05, 4.69) is 37.8 Å². The van der Waals surface area contributed by atoms with Crippen LogP contribution >= 0.6 is 0 Å². The average Bonchev–Trinajstić information content (AvgIpc) is 3.10. The summed E-state index contributed by atoms with van der Waals surface area (Å²) in [6, 6.07) is 13.9. The normalized spacial score (nSPS) is 11.2. The number of aliphatic hydroxyl groups excluding tert-OH is 1.